The molecule has 3 rings (SSSR count). The van der Waals surface area contributed by atoms with Crippen molar-refractivity contribution in [2.24, 2.45) is 0 Å². The summed E-state index contributed by atoms with van der Waals surface area (Å²) in [4.78, 5) is 15.2. The maximum atomic E-state index is 13.2. The number of benzene rings is 2. The van der Waals surface area contributed by atoms with Gasteiger partial charge in [0, 0.05) is 31.4 Å². The zero-order valence-electron chi connectivity index (χ0n) is 19.5. The molecule has 0 spiro atoms. The van der Waals surface area contributed by atoms with Crippen LogP contribution in [0, 0.1) is 0 Å². The molecule has 32 heavy (non-hydrogen) atoms. The van der Waals surface area contributed by atoms with Crippen LogP contribution in [0.1, 0.15) is 62.3 Å². The van der Waals surface area contributed by atoms with Gasteiger partial charge in [0.1, 0.15) is 5.75 Å². The van der Waals surface area contributed by atoms with Gasteiger partial charge in [0.2, 0.25) is 5.91 Å². The van der Waals surface area contributed by atoms with Crippen molar-refractivity contribution in [1.82, 2.24) is 9.47 Å². The van der Waals surface area contributed by atoms with Crippen molar-refractivity contribution in [2.45, 2.75) is 65.1 Å². The van der Waals surface area contributed by atoms with Crippen LogP contribution in [0.4, 0.5) is 0 Å². The van der Waals surface area contributed by atoms with Crippen molar-refractivity contribution in [1.29, 1.82) is 0 Å². The molecular formula is C28H36N2O2. The van der Waals surface area contributed by atoms with Gasteiger partial charge in [-0.2, -0.15) is 0 Å². The van der Waals surface area contributed by atoms with Crippen LogP contribution < -0.4 is 4.74 Å². The van der Waals surface area contributed by atoms with E-state index < -0.39 is 0 Å². The quantitative estimate of drug-likeness (QED) is 0.292. The normalized spacial score (nSPS) is 10.8. The molecule has 4 heteroatoms. The molecule has 2 aromatic carbocycles. The van der Waals surface area contributed by atoms with E-state index in [1.165, 1.54) is 24.8 Å². The lowest BCUT2D eigenvalue weighted by molar-refractivity contribution is -0.132. The molecule has 170 valence electrons. The average Bonchev–Trinajstić information content (AvgIpc) is 3.25. The van der Waals surface area contributed by atoms with Crippen LogP contribution in [0.2, 0.25) is 0 Å². The summed E-state index contributed by atoms with van der Waals surface area (Å²) in [5.74, 6) is 1.10. The van der Waals surface area contributed by atoms with Crippen molar-refractivity contribution in [3.63, 3.8) is 0 Å². The van der Waals surface area contributed by atoms with Gasteiger partial charge in [-0.05, 0) is 41.8 Å². The summed E-state index contributed by atoms with van der Waals surface area (Å²) in [5.41, 5.74) is 3.49. The first-order chi connectivity index (χ1) is 15.7. The molecule has 0 atom stereocenters. The number of carbonyl (C=O) groups is 1. The number of hydrogen-bond acceptors (Lipinski definition) is 2. The van der Waals surface area contributed by atoms with E-state index >= 15 is 0 Å². The van der Waals surface area contributed by atoms with Crippen molar-refractivity contribution in [3.05, 3.63) is 89.7 Å². The summed E-state index contributed by atoms with van der Waals surface area (Å²) in [6.45, 7) is 4.22. The van der Waals surface area contributed by atoms with E-state index in [9.17, 15) is 4.79 Å². The highest BCUT2D eigenvalue weighted by atomic mass is 16.5. The lowest BCUT2D eigenvalue weighted by Crippen LogP contribution is -2.30. The predicted molar refractivity (Wildman–Crippen MR) is 131 cm³/mol. The molecule has 0 saturated heterocycles. The Bertz CT molecular complexity index is 949. The molecule has 0 N–H and O–H groups in total. The van der Waals surface area contributed by atoms with E-state index in [2.05, 4.69) is 54.1 Å². The second kappa shape index (κ2) is 12.7. The zero-order valence-corrected chi connectivity index (χ0v) is 19.5. The van der Waals surface area contributed by atoms with E-state index in [1.807, 2.05) is 35.2 Å². The Morgan fingerprint density at radius 2 is 1.66 bits per heavy atom. The second-order valence-electron chi connectivity index (χ2n) is 8.38. The maximum absolute atomic E-state index is 13.2. The SMILES string of the molecule is CCCCCCCC(=O)N(Cc1ccccc1)Cc1cccn1Cc1cccc(OC)c1. The minimum atomic E-state index is 0.236. The molecule has 1 aromatic heterocycles. The van der Waals surface area contributed by atoms with Crippen LogP contribution in [0.3, 0.4) is 0 Å². The summed E-state index contributed by atoms with van der Waals surface area (Å²) in [5, 5.41) is 0. The highest BCUT2D eigenvalue weighted by Crippen LogP contribution is 2.18. The number of unbranched alkanes of at least 4 members (excludes halogenated alkanes) is 4. The Hall–Kier alpha value is -3.01. The smallest absolute Gasteiger partial charge is 0.223 e. The zero-order chi connectivity index (χ0) is 22.6. The molecule has 4 nitrogen and oxygen atoms in total. The fourth-order valence-corrected chi connectivity index (χ4v) is 3.98. The molecule has 1 heterocycles. The van der Waals surface area contributed by atoms with Crippen LogP contribution >= 0.6 is 0 Å². The van der Waals surface area contributed by atoms with E-state index in [0.29, 0.717) is 19.5 Å². The van der Waals surface area contributed by atoms with Gasteiger partial charge < -0.3 is 14.2 Å². The average molecular weight is 433 g/mol. The largest absolute Gasteiger partial charge is 0.497 e. The first kappa shape index (κ1) is 23.6. The summed E-state index contributed by atoms with van der Waals surface area (Å²) < 4.78 is 7.59. The minimum Gasteiger partial charge on any atom is -0.497 e. The van der Waals surface area contributed by atoms with E-state index in [0.717, 1.165) is 36.4 Å². The maximum Gasteiger partial charge on any atom is 0.223 e. The first-order valence-electron chi connectivity index (χ1n) is 11.8. The lowest BCUT2D eigenvalue weighted by Gasteiger charge is -2.24. The van der Waals surface area contributed by atoms with Crippen molar-refractivity contribution >= 4 is 5.91 Å². The molecule has 0 radical (unpaired) electrons. The Labute approximate surface area is 192 Å². The minimum absolute atomic E-state index is 0.236. The van der Waals surface area contributed by atoms with Gasteiger partial charge in [0.25, 0.3) is 0 Å². The van der Waals surface area contributed by atoms with Gasteiger partial charge in [-0.15, -0.1) is 0 Å². The first-order valence-corrected chi connectivity index (χ1v) is 11.8. The van der Waals surface area contributed by atoms with Crippen molar-refractivity contribution < 1.29 is 9.53 Å². The van der Waals surface area contributed by atoms with Gasteiger partial charge in [0.05, 0.1) is 13.7 Å². The van der Waals surface area contributed by atoms with Gasteiger partial charge in [-0.1, -0.05) is 75.1 Å². The highest BCUT2D eigenvalue weighted by Gasteiger charge is 2.16. The molecular weight excluding hydrogens is 396 g/mol. The number of rotatable bonds is 13. The Morgan fingerprint density at radius 1 is 0.875 bits per heavy atom. The lowest BCUT2D eigenvalue weighted by atomic mass is 10.1. The van der Waals surface area contributed by atoms with Gasteiger partial charge in [0.15, 0.2) is 0 Å². The van der Waals surface area contributed by atoms with Gasteiger partial charge in [-0.3, -0.25) is 4.79 Å². The standard InChI is InChI=1S/C28H36N2O2/c1-3-4-5-6-10-18-28(31)30(21-24-13-8-7-9-14-24)23-26-16-12-19-29(26)22-25-15-11-17-27(20-25)32-2/h7-9,11-17,19-20H,3-6,10,18,21-23H2,1-2H3. The van der Waals surface area contributed by atoms with Crippen LogP contribution in [0.25, 0.3) is 0 Å². The number of nitrogens with zero attached hydrogens (tertiary/aromatic N) is 2. The fraction of sp³-hybridized carbons (Fsp3) is 0.393. The third kappa shape index (κ3) is 7.30. The van der Waals surface area contributed by atoms with Crippen LogP contribution in [0.5, 0.6) is 5.75 Å². The third-order valence-corrected chi connectivity index (χ3v) is 5.83. The van der Waals surface area contributed by atoms with Crippen LogP contribution in [-0.4, -0.2) is 22.5 Å². The highest BCUT2D eigenvalue weighted by molar-refractivity contribution is 5.76. The summed E-state index contributed by atoms with van der Waals surface area (Å²) in [6.07, 6.45) is 8.49. The molecule has 0 bridgehead atoms. The number of aromatic nitrogens is 1. The number of methoxy groups -OCH3 is 1. The molecule has 0 aliphatic rings. The summed E-state index contributed by atoms with van der Waals surface area (Å²) >= 11 is 0. The molecule has 3 aromatic rings. The van der Waals surface area contributed by atoms with Gasteiger partial charge >= 0.3 is 0 Å². The van der Waals surface area contributed by atoms with Crippen LogP contribution in [0.15, 0.2) is 72.9 Å². The number of carbonyl (C=O) groups excluding carboxylic acids is 1. The number of ether oxygens (including phenoxy) is 1. The topological polar surface area (TPSA) is 34.5 Å². The number of hydrogen-bond donors (Lipinski definition) is 0. The monoisotopic (exact) mass is 432 g/mol. The Kier molecular flexibility index (Phi) is 9.42. The van der Waals surface area contributed by atoms with Crippen molar-refractivity contribution in [2.75, 3.05) is 7.11 Å². The fourth-order valence-electron chi connectivity index (χ4n) is 3.98. The summed E-state index contributed by atoms with van der Waals surface area (Å²) in [6, 6.07) is 22.6. The third-order valence-electron chi connectivity index (χ3n) is 5.83. The van der Waals surface area contributed by atoms with E-state index in [4.69, 9.17) is 4.74 Å². The predicted octanol–water partition coefficient (Wildman–Crippen LogP) is 6.43. The van der Waals surface area contributed by atoms with Crippen molar-refractivity contribution in [3.8, 4) is 5.75 Å². The Balaban J connectivity index is 1.70. The van der Waals surface area contributed by atoms with Crippen LogP contribution in [-0.2, 0) is 24.4 Å². The van der Waals surface area contributed by atoms with E-state index in [-0.39, 0.29) is 5.91 Å². The molecule has 0 aliphatic carbocycles. The number of amides is 1. The molecule has 0 aliphatic heterocycles. The summed E-state index contributed by atoms with van der Waals surface area (Å²) in [7, 11) is 1.69. The second-order valence-corrected chi connectivity index (χ2v) is 8.38. The molecule has 0 unspecified atom stereocenters. The molecule has 0 saturated carbocycles. The molecule has 0 fully saturated rings. The molecule has 1 amide bonds. The van der Waals surface area contributed by atoms with Gasteiger partial charge in [-0.25, -0.2) is 0 Å². The van der Waals surface area contributed by atoms with E-state index in [1.54, 1.807) is 7.11 Å². The Morgan fingerprint density at radius 3 is 2.44 bits per heavy atom.